The molecule has 0 aliphatic rings. The highest BCUT2D eigenvalue weighted by Crippen LogP contribution is 2.39. The topological polar surface area (TPSA) is 48.5 Å². The van der Waals surface area contributed by atoms with Gasteiger partial charge in [0.2, 0.25) is 0 Å². The van der Waals surface area contributed by atoms with E-state index in [-0.39, 0.29) is 0 Å². The molecule has 0 aliphatic heterocycles. The van der Waals surface area contributed by atoms with Crippen LogP contribution in [0.5, 0.6) is 0 Å². The summed E-state index contributed by atoms with van der Waals surface area (Å²) in [5.74, 6) is 1.87. The maximum Gasteiger partial charge on any atom is 0.164 e. The average Bonchev–Trinajstić information content (AvgIpc) is 3.94. The summed E-state index contributed by atoms with van der Waals surface area (Å²) in [6, 6.07) is 88.2. The summed E-state index contributed by atoms with van der Waals surface area (Å²) in [5, 5.41) is 4.89. The standard InChI is InChI=1S/C63H41N5/c1-4-17-44(18-5-1)51-25-10-11-28-54(51)63-65-61(45-19-6-2-7-20-45)64-62(66-63)48-21-16-24-50(39-48)68-58-30-15-13-27-53(58)56-41-47(36-38-60(56)68)43-33-31-42(32-34-43)46-35-37-59-55(40-46)52-26-12-14-29-57(52)67(59)49-22-8-3-9-23-49/h1-41H. The molecule has 5 nitrogen and oxygen atoms in total. The maximum atomic E-state index is 5.21. The van der Waals surface area contributed by atoms with Crippen molar-refractivity contribution in [1.29, 1.82) is 0 Å². The molecule has 10 aromatic carbocycles. The third-order valence-corrected chi connectivity index (χ3v) is 13.2. The van der Waals surface area contributed by atoms with Gasteiger partial charge in [-0.05, 0) is 94.0 Å². The van der Waals surface area contributed by atoms with Gasteiger partial charge in [0.05, 0.1) is 22.1 Å². The molecule has 0 aliphatic carbocycles. The predicted octanol–water partition coefficient (Wildman–Crippen LogP) is 16.1. The SMILES string of the molecule is c1ccc(-c2nc(-c3cccc(-n4c5ccccc5c5cc(-c6ccc(-c7ccc8c(c7)c7ccccc7n8-c7ccccc7)cc6)ccc54)c3)nc(-c3ccccc3-c3ccccc3)n2)cc1. The van der Waals surface area contributed by atoms with Crippen molar-refractivity contribution < 1.29 is 0 Å². The highest BCUT2D eigenvalue weighted by atomic mass is 15.0. The first-order valence-corrected chi connectivity index (χ1v) is 23.0. The molecule has 0 fully saturated rings. The highest BCUT2D eigenvalue weighted by Gasteiger charge is 2.19. The number of nitrogens with zero attached hydrogens (tertiary/aromatic N) is 5. The van der Waals surface area contributed by atoms with E-state index in [1.807, 2.05) is 30.3 Å². The molecule has 0 saturated heterocycles. The Labute approximate surface area is 393 Å². The third kappa shape index (κ3) is 6.76. The number of benzene rings is 10. The second kappa shape index (κ2) is 16.4. The van der Waals surface area contributed by atoms with Crippen LogP contribution in [0.1, 0.15) is 0 Å². The summed E-state index contributed by atoms with van der Waals surface area (Å²) in [4.78, 5) is 15.4. The minimum atomic E-state index is 0.615. The zero-order valence-electron chi connectivity index (χ0n) is 36.9. The van der Waals surface area contributed by atoms with Gasteiger partial charge < -0.3 is 9.13 Å². The molecule has 0 atom stereocenters. The summed E-state index contributed by atoms with van der Waals surface area (Å²) in [6.45, 7) is 0. The molecule has 0 bridgehead atoms. The van der Waals surface area contributed by atoms with E-state index in [4.69, 9.17) is 15.0 Å². The Morgan fingerprint density at radius 2 is 0.632 bits per heavy atom. The summed E-state index contributed by atoms with van der Waals surface area (Å²) in [7, 11) is 0. The van der Waals surface area contributed by atoms with Crippen molar-refractivity contribution in [2.45, 2.75) is 0 Å². The van der Waals surface area contributed by atoms with E-state index in [0.717, 1.165) is 50.2 Å². The highest BCUT2D eigenvalue weighted by molar-refractivity contribution is 6.11. The largest absolute Gasteiger partial charge is 0.309 e. The molecule has 0 radical (unpaired) electrons. The number of fused-ring (bicyclic) bond motifs is 6. The van der Waals surface area contributed by atoms with Gasteiger partial charge in [0.15, 0.2) is 17.5 Å². The van der Waals surface area contributed by atoms with Crippen molar-refractivity contribution in [2.75, 3.05) is 0 Å². The number of hydrogen-bond donors (Lipinski definition) is 0. The smallest absolute Gasteiger partial charge is 0.164 e. The number of para-hydroxylation sites is 3. The van der Waals surface area contributed by atoms with E-state index in [9.17, 15) is 0 Å². The van der Waals surface area contributed by atoms with Crippen molar-refractivity contribution in [3.63, 3.8) is 0 Å². The lowest BCUT2D eigenvalue weighted by Crippen LogP contribution is -2.02. The molecule has 0 saturated carbocycles. The van der Waals surface area contributed by atoms with Crippen LogP contribution in [0.15, 0.2) is 249 Å². The van der Waals surface area contributed by atoms with Gasteiger partial charge in [-0.25, -0.2) is 15.0 Å². The van der Waals surface area contributed by atoms with E-state index in [0.29, 0.717) is 17.5 Å². The van der Waals surface area contributed by atoms with Crippen molar-refractivity contribution in [1.82, 2.24) is 24.1 Å². The summed E-state index contributed by atoms with van der Waals surface area (Å²) < 4.78 is 4.72. The van der Waals surface area contributed by atoms with Gasteiger partial charge >= 0.3 is 0 Å². The molecular formula is C63H41N5. The van der Waals surface area contributed by atoms with Crippen LogP contribution in [0.4, 0.5) is 0 Å². The Hall–Kier alpha value is -9.19. The summed E-state index contributed by atoms with van der Waals surface area (Å²) in [6.07, 6.45) is 0. The fourth-order valence-corrected chi connectivity index (χ4v) is 9.97. The van der Waals surface area contributed by atoms with E-state index in [1.54, 1.807) is 0 Å². The molecule has 0 unspecified atom stereocenters. The Morgan fingerprint density at radius 3 is 1.24 bits per heavy atom. The fourth-order valence-electron chi connectivity index (χ4n) is 9.97. The molecule has 13 rings (SSSR count). The number of rotatable bonds is 8. The maximum absolute atomic E-state index is 5.21. The van der Waals surface area contributed by atoms with E-state index >= 15 is 0 Å². The van der Waals surface area contributed by atoms with Crippen molar-refractivity contribution >= 4 is 43.6 Å². The van der Waals surface area contributed by atoms with E-state index in [1.165, 1.54) is 54.8 Å². The van der Waals surface area contributed by atoms with E-state index < -0.39 is 0 Å². The van der Waals surface area contributed by atoms with Crippen LogP contribution in [-0.2, 0) is 0 Å². The molecular weight excluding hydrogens is 827 g/mol. The second-order valence-electron chi connectivity index (χ2n) is 17.2. The normalized spacial score (nSPS) is 11.5. The molecule has 3 aromatic heterocycles. The molecule has 0 amide bonds. The van der Waals surface area contributed by atoms with Gasteiger partial charge in [0.25, 0.3) is 0 Å². The molecule has 68 heavy (non-hydrogen) atoms. The van der Waals surface area contributed by atoms with Crippen molar-refractivity contribution in [2.24, 2.45) is 0 Å². The lowest BCUT2D eigenvalue weighted by atomic mass is 9.98. The second-order valence-corrected chi connectivity index (χ2v) is 17.2. The average molecular weight is 868 g/mol. The lowest BCUT2D eigenvalue weighted by molar-refractivity contribution is 1.07. The van der Waals surface area contributed by atoms with Gasteiger partial charge in [-0.1, -0.05) is 188 Å². The molecule has 3 heterocycles. The van der Waals surface area contributed by atoms with Crippen LogP contribution in [0, 0.1) is 0 Å². The lowest BCUT2D eigenvalue weighted by Gasteiger charge is -2.13. The fraction of sp³-hybridized carbons (Fsp3) is 0. The summed E-state index contributed by atoms with van der Waals surface area (Å²) >= 11 is 0. The van der Waals surface area contributed by atoms with Gasteiger partial charge in [-0.15, -0.1) is 0 Å². The number of aromatic nitrogens is 5. The number of hydrogen-bond acceptors (Lipinski definition) is 3. The van der Waals surface area contributed by atoms with Crippen LogP contribution < -0.4 is 0 Å². The minimum Gasteiger partial charge on any atom is -0.309 e. The molecule has 0 spiro atoms. The first-order valence-electron chi connectivity index (χ1n) is 23.0. The molecule has 318 valence electrons. The predicted molar refractivity (Wildman–Crippen MR) is 281 cm³/mol. The zero-order chi connectivity index (χ0) is 45.0. The first-order chi connectivity index (χ1) is 33.7. The Morgan fingerprint density at radius 1 is 0.221 bits per heavy atom. The van der Waals surface area contributed by atoms with Crippen LogP contribution >= 0.6 is 0 Å². The van der Waals surface area contributed by atoms with Gasteiger partial charge in [0, 0.05) is 49.6 Å². The summed E-state index contributed by atoms with van der Waals surface area (Å²) in [5.41, 5.74) is 16.6. The minimum absolute atomic E-state index is 0.615. The van der Waals surface area contributed by atoms with Crippen LogP contribution in [-0.4, -0.2) is 24.1 Å². The van der Waals surface area contributed by atoms with Gasteiger partial charge in [0.1, 0.15) is 0 Å². The monoisotopic (exact) mass is 867 g/mol. The van der Waals surface area contributed by atoms with Crippen LogP contribution in [0.25, 0.3) is 123 Å². The molecule has 0 N–H and O–H groups in total. The quantitative estimate of drug-likeness (QED) is 0.153. The zero-order valence-corrected chi connectivity index (χ0v) is 36.9. The van der Waals surface area contributed by atoms with E-state index in [2.05, 4.69) is 228 Å². The molecule has 13 aromatic rings. The van der Waals surface area contributed by atoms with Crippen molar-refractivity contribution in [3.05, 3.63) is 249 Å². The first kappa shape index (κ1) is 39.2. The molecule has 5 heteroatoms. The van der Waals surface area contributed by atoms with Gasteiger partial charge in [-0.3, -0.25) is 0 Å². The van der Waals surface area contributed by atoms with Crippen LogP contribution in [0.2, 0.25) is 0 Å². The third-order valence-electron chi connectivity index (χ3n) is 13.2. The Balaban J connectivity index is 0.874. The van der Waals surface area contributed by atoms with Crippen molar-refractivity contribution in [3.8, 4) is 78.9 Å². The Bertz CT molecular complexity index is 4000. The Kier molecular flexibility index (Phi) is 9.43. The van der Waals surface area contributed by atoms with Crippen LogP contribution in [0.3, 0.4) is 0 Å². The van der Waals surface area contributed by atoms with Gasteiger partial charge in [-0.2, -0.15) is 0 Å².